The second kappa shape index (κ2) is 12.0. The van der Waals surface area contributed by atoms with Crippen molar-refractivity contribution in [2.24, 2.45) is 0 Å². The highest BCUT2D eigenvalue weighted by molar-refractivity contribution is 7.09. The number of carbonyl (C=O) groups excluding carboxylic acids is 2. The quantitative estimate of drug-likeness (QED) is 0.297. The van der Waals surface area contributed by atoms with Crippen molar-refractivity contribution < 1.29 is 23.9 Å². The molecular formula is C28H26N2O5S. The molecule has 4 aromatic rings. The molecule has 0 aliphatic heterocycles. The van der Waals surface area contributed by atoms with E-state index in [1.165, 1.54) is 0 Å². The summed E-state index contributed by atoms with van der Waals surface area (Å²) < 4.78 is 5.30. The van der Waals surface area contributed by atoms with E-state index in [0.717, 1.165) is 4.88 Å². The second-order valence-corrected chi connectivity index (χ2v) is 9.15. The van der Waals surface area contributed by atoms with Gasteiger partial charge in [0, 0.05) is 29.1 Å². The number of benzene rings is 2. The van der Waals surface area contributed by atoms with Gasteiger partial charge in [0.25, 0.3) is 11.8 Å². The van der Waals surface area contributed by atoms with Crippen LogP contribution in [0.3, 0.4) is 0 Å². The van der Waals surface area contributed by atoms with Crippen LogP contribution in [0.1, 0.15) is 37.8 Å². The van der Waals surface area contributed by atoms with Crippen molar-refractivity contribution in [1.82, 2.24) is 10.2 Å². The molecule has 0 aliphatic carbocycles. The fourth-order valence-electron chi connectivity index (χ4n) is 3.91. The third-order valence-corrected chi connectivity index (χ3v) is 6.65. The Kier molecular flexibility index (Phi) is 8.31. The first kappa shape index (κ1) is 24.9. The molecule has 0 saturated heterocycles. The third-order valence-electron chi connectivity index (χ3n) is 5.71. The van der Waals surface area contributed by atoms with Gasteiger partial charge in [-0.1, -0.05) is 42.5 Å². The standard InChI is InChI=1S/C28H26N2O5S/c31-26(32)14-16-30(15-13-21-8-6-18-36-21)28(34)25-12-4-2-10-23(25)22-9-1-3-11-24(22)27(33)29-19-20-7-5-17-35-20/h1-12,17-18H,13-16,19H2,(H,29,33)(H,31,32). The van der Waals surface area contributed by atoms with Crippen LogP contribution in [0.25, 0.3) is 11.1 Å². The molecule has 0 saturated carbocycles. The smallest absolute Gasteiger partial charge is 0.305 e. The van der Waals surface area contributed by atoms with Gasteiger partial charge in [-0.05, 0) is 53.3 Å². The molecule has 7 nitrogen and oxygen atoms in total. The number of furan rings is 1. The van der Waals surface area contributed by atoms with Crippen molar-refractivity contribution in [2.75, 3.05) is 13.1 Å². The zero-order valence-corrected chi connectivity index (χ0v) is 20.4. The van der Waals surface area contributed by atoms with Gasteiger partial charge in [0.05, 0.1) is 19.2 Å². The van der Waals surface area contributed by atoms with Crippen LogP contribution in [0.4, 0.5) is 0 Å². The monoisotopic (exact) mass is 502 g/mol. The maximum Gasteiger partial charge on any atom is 0.305 e. The summed E-state index contributed by atoms with van der Waals surface area (Å²) in [6.07, 6.45) is 2.03. The summed E-state index contributed by atoms with van der Waals surface area (Å²) in [7, 11) is 0. The summed E-state index contributed by atoms with van der Waals surface area (Å²) in [6.45, 7) is 0.734. The van der Waals surface area contributed by atoms with Crippen LogP contribution in [-0.4, -0.2) is 40.9 Å². The van der Waals surface area contributed by atoms with E-state index in [1.807, 2.05) is 29.6 Å². The molecule has 2 aromatic carbocycles. The molecule has 2 aromatic heterocycles. The Hall–Kier alpha value is -4.17. The zero-order valence-electron chi connectivity index (χ0n) is 19.6. The van der Waals surface area contributed by atoms with E-state index in [0.29, 0.717) is 41.0 Å². The summed E-state index contributed by atoms with van der Waals surface area (Å²) >= 11 is 1.60. The van der Waals surface area contributed by atoms with Gasteiger partial charge in [0.1, 0.15) is 5.76 Å². The lowest BCUT2D eigenvalue weighted by molar-refractivity contribution is -0.137. The van der Waals surface area contributed by atoms with Crippen molar-refractivity contribution in [1.29, 1.82) is 0 Å². The van der Waals surface area contributed by atoms with Crippen LogP contribution in [0.5, 0.6) is 0 Å². The Labute approximate surface area is 213 Å². The SMILES string of the molecule is O=C(O)CCN(CCc1cccs1)C(=O)c1ccccc1-c1ccccc1C(=O)NCc1ccco1. The fourth-order valence-corrected chi connectivity index (χ4v) is 4.61. The summed E-state index contributed by atoms with van der Waals surface area (Å²) in [4.78, 5) is 40.7. The number of hydrogen-bond donors (Lipinski definition) is 2. The summed E-state index contributed by atoms with van der Waals surface area (Å²) in [5.74, 6) is -0.883. The molecule has 2 heterocycles. The van der Waals surface area contributed by atoms with Crippen LogP contribution in [0.2, 0.25) is 0 Å². The van der Waals surface area contributed by atoms with Gasteiger partial charge in [0.15, 0.2) is 0 Å². The topological polar surface area (TPSA) is 99.9 Å². The Morgan fingerprint density at radius 2 is 1.58 bits per heavy atom. The molecule has 8 heteroatoms. The number of thiophene rings is 1. The second-order valence-electron chi connectivity index (χ2n) is 8.12. The van der Waals surface area contributed by atoms with E-state index >= 15 is 0 Å². The van der Waals surface area contributed by atoms with Crippen molar-refractivity contribution >= 4 is 29.1 Å². The van der Waals surface area contributed by atoms with E-state index in [1.54, 1.807) is 71.0 Å². The van der Waals surface area contributed by atoms with Crippen LogP contribution in [-0.2, 0) is 17.8 Å². The lowest BCUT2D eigenvalue weighted by Gasteiger charge is -2.23. The number of carboxylic acid groups (broad SMARTS) is 1. The van der Waals surface area contributed by atoms with Gasteiger partial charge < -0.3 is 19.7 Å². The molecule has 0 aliphatic rings. The van der Waals surface area contributed by atoms with E-state index in [9.17, 15) is 19.5 Å². The summed E-state index contributed by atoms with van der Waals surface area (Å²) in [5.41, 5.74) is 2.08. The number of aliphatic carboxylic acids is 1. The molecule has 0 fully saturated rings. The third kappa shape index (κ3) is 6.28. The van der Waals surface area contributed by atoms with E-state index < -0.39 is 5.97 Å². The van der Waals surface area contributed by atoms with Gasteiger partial charge in [-0.25, -0.2) is 0 Å². The number of nitrogens with zero attached hydrogens (tertiary/aromatic N) is 1. The van der Waals surface area contributed by atoms with Gasteiger partial charge in [0.2, 0.25) is 0 Å². The molecule has 184 valence electrons. The molecule has 4 rings (SSSR count). The lowest BCUT2D eigenvalue weighted by Crippen LogP contribution is -2.35. The van der Waals surface area contributed by atoms with Gasteiger partial charge in [-0.15, -0.1) is 11.3 Å². The molecular weight excluding hydrogens is 476 g/mol. The summed E-state index contributed by atoms with van der Waals surface area (Å²) in [6, 6.07) is 21.7. The minimum absolute atomic E-state index is 0.0964. The highest BCUT2D eigenvalue weighted by atomic mass is 32.1. The number of rotatable bonds is 11. The van der Waals surface area contributed by atoms with Crippen molar-refractivity contribution in [3.63, 3.8) is 0 Å². The van der Waals surface area contributed by atoms with Crippen molar-refractivity contribution in [3.8, 4) is 11.1 Å². The normalized spacial score (nSPS) is 10.7. The highest BCUT2D eigenvalue weighted by Gasteiger charge is 2.22. The number of hydrogen-bond acceptors (Lipinski definition) is 5. The minimum atomic E-state index is -0.962. The Bertz CT molecular complexity index is 1320. The van der Waals surface area contributed by atoms with E-state index in [4.69, 9.17) is 4.42 Å². The number of nitrogens with one attached hydrogen (secondary N) is 1. The van der Waals surface area contributed by atoms with Gasteiger partial charge in [-0.3, -0.25) is 14.4 Å². The van der Waals surface area contributed by atoms with Crippen LogP contribution >= 0.6 is 11.3 Å². The molecule has 0 radical (unpaired) electrons. The molecule has 2 amide bonds. The first-order valence-electron chi connectivity index (χ1n) is 11.6. The lowest BCUT2D eigenvalue weighted by atomic mass is 9.94. The maximum absolute atomic E-state index is 13.7. The Morgan fingerprint density at radius 3 is 2.25 bits per heavy atom. The molecule has 2 N–H and O–H groups in total. The maximum atomic E-state index is 13.7. The number of carboxylic acids is 1. The number of carbonyl (C=O) groups is 3. The van der Waals surface area contributed by atoms with Crippen LogP contribution in [0, 0.1) is 0 Å². The first-order chi connectivity index (χ1) is 17.5. The molecule has 36 heavy (non-hydrogen) atoms. The summed E-state index contributed by atoms with van der Waals surface area (Å²) in [5, 5.41) is 14.1. The predicted molar refractivity (Wildman–Crippen MR) is 138 cm³/mol. The van der Waals surface area contributed by atoms with Crippen molar-refractivity contribution in [2.45, 2.75) is 19.4 Å². The van der Waals surface area contributed by atoms with E-state index in [2.05, 4.69) is 5.32 Å². The number of amides is 2. The Morgan fingerprint density at radius 1 is 0.861 bits per heavy atom. The Balaban J connectivity index is 1.61. The fraction of sp³-hybridized carbons (Fsp3) is 0.179. The first-order valence-corrected chi connectivity index (χ1v) is 12.4. The van der Waals surface area contributed by atoms with E-state index in [-0.39, 0.29) is 31.3 Å². The molecule has 0 atom stereocenters. The van der Waals surface area contributed by atoms with Crippen LogP contribution in [0.15, 0.2) is 88.9 Å². The minimum Gasteiger partial charge on any atom is -0.481 e. The van der Waals surface area contributed by atoms with Crippen LogP contribution < -0.4 is 5.32 Å². The highest BCUT2D eigenvalue weighted by Crippen LogP contribution is 2.28. The largest absolute Gasteiger partial charge is 0.481 e. The predicted octanol–water partition coefficient (Wildman–Crippen LogP) is 5.10. The van der Waals surface area contributed by atoms with Gasteiger partial charge >= 0.3 is 5.97 Å². The average Bonchev–Trinajstić information content (AvgIpc) is 3.61. The molecule has 0 bridgehead atoms. The molecule has 0 spiro atoms. The average molecular weight is 503 g/mol. The van der Waals surface area contributed by atoms with Crippen molar-refractivity contribution in [3.05, 3.63) is 106 Å². The van der Waals surface area contributed by atoms with Gasteiger partial charge in [-0.2, -0.15) is 0 Å². The zero-order chi connectivity index (χ0) is 25.3. The molecule has 0 unspecified atom stereocenters.